The summed E-state index contributed by atoms with van der Waals surface area (Å²) in [5.74, 6) is 0.598. The van der Waals surface area contributed by atoms with Gasteiger partial charge in [0.05, 0.1) is 5.41 Å². The Morgan fingerprint density at radius 1 is 1.24 bits per heavy atom. The number of hydrogen-bond acceptors (Lipinski definition) is 5. The molecule has 0 aliphatic rings. The first-order valence-corrected chi connectivity index (χ1v) is 10.4. The van der Waals surface area contributed by atoms with Crippen LogP contribution in [0.1, 0.15) is 37.6 Å². The van der Waals surface area contributed by atoms with Crippen LogP contribution >= 0.6 is 11.3 Å². The number of rotatable bonds is 8. The number of carboxylic acid groups (broad SMARTS) is 1. The number of aromatic nitrogens is 2. The second-order valence-electron chi connectivity index (χ2n) is 7.31. The molecule has 2 heterocycles. The van der Waals surface area contributed by atoms with Gasteiger partial charge in [0.25, 0.3) is 0 Å². The van der Waals surface area contributed by atoms with Gasteiger partial charge in [-0.15, -0.1) is 6.58 Å². The molecule has 6 heteroatoms. The summed E-state index contributed by atoms with van der Waals surface area (Å²) in [6.45, 7) is 9.35. The number of benzene rings is 1. The van der Waals surface area contributed by atoms with Gasteiger partial charge in [0.1, 0.15) is 5.82 Å². The van der Waals surface area contributed by atoms with Crippen molar-refractivity contribution in [3.63, 3.8) is 0 Å². The fourth-order valence-electron chi connectivity index (χ4n) is 3.04. The first-order chi connectivity index (χ1) is 13.9. The van der Waals surface area contributed by atoms with E-state index in [1.165, 1.54) is 0 Å². The predicted octanol–water partition coefficient (Wildman–Crippen LogP) is 5.60. The summed E-state index contributed by atoms with van der Waals surface area (Å²) in [7, 11) is 0. The van der Waals surface area contributed by atoms with Crippen LogP contribution in [0.5, 0.6) is 0 Å². The third kappa shape index (κ3) is 4.38. The van der Waals surface area contributed by atoms with E-state index in [0.717, 1.165) is 40.3 Å². The lowest BCUT2D eigenvalue weighted by atomic mass is 9.85. The monoisotopic (exact) mass is 407 g/mol. The zero-order valence-electron chi connectivity index (χ0n) is 16.9. The van der Waals surface area contributed by atoms with Crippen LogP contribution in [0.3, 0.4) is 0 Å². The third-order valence-corrected chi connectivity index (χ3v) is 5.64. The number of nitrogens with one attached hydrogen (secondary N) is 1. The summed E-state index contributed by atoms with van der Waals surface area (Å²) in [6, 6.07) is 9.46. The zero-order chi connectivity index (χ0) is 21.0. The molecular formula is C23H25N3O2S. The quantitative estimate of drug-likeness (QED) is 0.475. The van der Waals surface area contributed by atoms with Gasteiger partial charge >= 0.3 is 5.97 Å². The number of nitrogens with zero attached hydrogens (tertiary/aromatic N) is 2. The fourth-order valence-corrected chi connectivity index (χ4v) is 3.67. The molecule has 0 atom stereocenters. The highest BCUT2D eigenvalue weighted by atomic mass is 32.1. The number of thiophene rings is 1. The van der Waals surface area contributed by atoms with Gasteiger partial charge < -0.3 is 10.4 Å². The maximum Gasteiger partial charge on any atom is 0.313 e. The van der Waals surface area contributed by atoms with E-state index in [9.17, 15) is 9.90 Å². The fraction of sp³-hybridized carbons (Fsp3) is 0.261. The smallest absolute Gasteiger partial charge is 0.313 e. The second-order valence-corrected chi connectivity index (χ2v) is 8.09. The summed E-state index contributed by atoms with van der Waals surface area (Å²) in [5.41, 5.74) is 3.67. The van der Waals surface area contributed by atoms with Crippen molar-refractivity contribution >= 4 is 28.8 Å². The molecule has 150 valence electrons. The Morgan fingerprint density at radius 2 is 1.97 bits per heavy atom. The highest BCUT2D eigenvalue weighted by Crippen LogP contribution is 2.29. The van der Waals surface area contributed by atoms with E-state index < -0.39 is 11.4 Å². The molecule has 2 N–H and O–H groups in total. The van der Waals surface area contributed by atoms with Crippen LogP contribution in [0.15, 0.2) is 53.7 Å². The maximum atomic E-state index is 11.5. The van der Waals surface area contributed by atoms with Crippen molar-refractivity contribution in [1.29, 1.82) is 0 Å². The number of carbonyl (C=O) groups is 1. The number of hydrogen-bond donors (Lipinski definition) is 2. The van der Waals surface area contributed by atoms with Gasteiger partial charge in [0.2, 0.25) is 0 Å². The minimum atomic E-state index is -0.942. The summed E-state index contributed by atoms with van der Waals surface area (Å²) >= 11 is 1.61. The molecule has 0 radical (unpaired) electrons. The van der Waals surface area contributed by atoms with Crippen LogP contribution in [-0.4, -0.2) is 21.0 Å². The Balaban J connectivity index is 2.00. The van der Waals surface area contributed by atoms with Gasteiger partial charge in [0, 0.05) is 27.9 Å². The molecule has 1 aromatic carbocycles. The van der Waals surface area contributed by atoms with Gasteiger partial charge in [-0.1, -0.05) is 25.1 Å². The van der Waals surface area contributed by atoms with Crippen molar-refractivity contribution in [3.8, 4) is 11.4 Å². The topological polar surface area (TPSA) is 75.1 Å². The maximum absolute atomic E-state index is 11.5. The van der Waals surface area contributed by atoms with Gasteiger partial charge in [-0.05, 0) is 55.8 Å². The Hall–Kier alpha value is -2.99. The van der Waals surface area contributed by atoms with Crippen molar-refractivity contribution in [3.05, 3.63) is 70.6 Å². The molecule has 0 unspecified atom stereocenters. The number of anilines is 2. The molecule has 3 rings (SSSR count). The highest BCUT2D eigenvalue weighted by Gasteiger charge is 2.29. The number of carboxylic acids is 1. The molecule has 0 amide bonds. The summed E-state index contributed by atoms with van der Waals surface area (Å²) < 4.78 is 0. The number of allylic oxidation sites excluding steroid dienone is 1. The third-order valence-electron chi connectivity index (χ3n) is 4.96. The second kappa shape index (κ2) is 8.57. The molecule has 3 aromatic rings. The van der Waals surface area contributed by atoms with E-state index in [-0.39, 0.29) is 0 Å². The molecule has 0 aliphatic carbocycles. The normalized spacial score (nSPS) is 11.3. The molecule has 0 saturated carbocycles. The number of aryl methyl sites for hydroxylation is 1. The molecule has 5 nitrogen and oxygen atoms in total. The standard InChI is InChI=1S/C23H25N3O2S/c1-5-7-18-19(6-2)25-20(15-12-13-29-14-15)26-21(18)24-17-10-8-16(9-11-17)23(3,4)22(27)28/h5,8-14H,1,6-7H2,2-4H3,(H,27,28)(H,24,25,26). The Kier molecular flexibility index (Phi) is 6.13. The van der Waals surface area contributed by atoms with Gasteiger partial charge in [-0.2, -0.15) is 11.3 Å². The SMILES string of the molecule is C=CCc1c(CC)nc(-c2ccsc2)nc1Nc1ccc(C(C)(C)C(=O)O)cc1. The van der Waals surface area contributed by atoms with E-state index in [2.05, 4.69) is 18.8 Å². The molecule has 0 fully saturated rings. The summed E-state index contributed by atoms with van der Waals surface area (Å²) in [5, 5.41) is 16.9. The average molecular weight is 408 g/mol. The lowest BCUT2D eigenvalue weighted by Gasteiger charge is -2.20. The number of aliphatic carboxylic acids is 1. The van der Waals surface area contributed by atoms with Crippen molar-refractivity contribution in [2.75, 3.05) is 5.32 Å². The van der Waals surface area contributed by atoms with E-state index in [1.54, 1.807) is 25.2 Å². The first-order valence-electron chi connectivity index (χ1n) is 9.51. The zero-order valence-corrected chi connectivity index (χ0v) is 17.7. The van der Waals surface area contributed by atoms with Crippen LogP contribution in [0, 0.1) is 0 Å². The lowest BCUT2D eigenvalue weighted by molar-refractivity contribution is -0.142. The van der Waals surface area contributed by atoms with Crippen molar-refractivity contribution in [1.82, 2.24) is 9.97 Å². The largest absolute Gasteiger partial charge is 0.481 e. The first kappa shape index (κ1) is 20.7. The minimum absolute atomic E-state index is 0.666. The van der Waals surface area contributed by atoms with Crippen molar-refractivity contribution < 1.29 is 9.90 Å². The van der Waals surface area contributed by atoms with Gasteiger partial charge in [-0.25, -0.2) is 9.97 Å². The van der Waals surface area contributed by atoms with Crippen molar-refractivity contribution in [2.45, 2.75) is 39.0 Å². The molecule has 0 aliphatic heterocycles. The molecule has 0 saturated heterocycles. The van der Waals surface area contributed by atoms with Gasteiger partial charge in [-0.3, -0.25) is 4.79 Å². The Labute approximate surface area is 175 Å². The van der Waals surface area contributed by atoms with E-state index in [0.29, 0.717) is 12.2 Å². The van der Waals surface area contributed by atoms with E-state index in [4.69, 9.17) is 9.97 Å². The Bertz CT molecular complexity index is 1010. The minimum Gasteiger partial charge on any atom is -0.481 e. The van der Waals surface area contributed by atoms with Crippen LogP contribution in [0.25, 0.3) is 11.4 Å². The lowest BCUT2D eigenvalue weighted by Crippen LogP contribution is -2.28. The van der Waals surface area contributed by atoms with Crippen molar-refractivity contribution in [2.24, 2.45) is 0 Å². The molecular weight excluding hydrogens is 382 g/mol. The van der Waals surface area contributed by atoms with E-state index >= 15 is 0 Å². The van der Waals surface area contributed by atoms with Crippen LogP contribution in [-0.2, 0) is 23.1 Å². The molecule has 2 aromatic heterocycles. The highest BCUT2D eigenvalue weighted by molar-refractivity contribution is 7.08. The van der Waals surface area contributed by atoms with E-state index in [1.807, 2.05) is 47.2 Å². The Morgan fingerprint density at radius 3 is 2.52 bits per heavy atom. The molecule has 0 bridgehead atoms. The van der Waals surface area contributed by atoms with Crippen LogP contribution in [0.4, 0.5) is 11.5 Å². The molecule has 0 spiro atoms. The van der Waals surface area contributed by atoms with Crippen LogP contribution in [0.2, 0.25) is 0 Å². The molecule has 29 heavy (non-hydrogen) atoms. The summed E-state index contributed by atoms with van der Waals surface area (Å²) in [6.07, 6.45) is 3.31. The van der Waals surface area contributed by atoms with Crippen LogP contribution < -0.4 is 5.32 Å². The summed E-state index contributed by atoms with van der Waals surface area (Å²) in [4.78, 5) is 21.0. The average Bonchev–Trinajstić information content (AvgIpc) is 3.24. The van der Waals surface area contributed by atoms with Gasteiger partial charge in [0.15, 0.2) is 5.82 Å². The predicted molar refractivity (Wildman–Crippen MR) is 119 cm³/mol.